The summed E-state index contributed by atoms with van der Waals surface area (Å²) in [6.07, 6.45) is 4.13. The molecule has 1 aromatic carbocycles. The zero-order valence-corrected chi connectivity index (χ0v) is 15.1. The highest BCUT2D eigenvalue weighted by atomic mass is 16.7. The average Bonchev–Trinajstić information content (AvgIpc) is 3.32. The molecule has 26 heavy (non-hydrogen) atoms. The smallest absolute Gasteiger partial charge is 0.231 e. The van der Waals surface area contributed by atoms with Crippen molar-refractivity contribution in [3.8, 4) is 17.2 Å². The second-order valence-corrected chi connectivity index (χ2v) is 7.12. The van der Waals surface area contributed by atoms with Gasteiger partial charge in [-0.1, -0.05) is 13.8 Å². The SMILES string of the molecule is CCC(=O)NC1(c2nnnn2-c2ccc3c(c2)OCO3)CCC(C)CC1. The average molecular weight is 357 g/mol. The van der Waals surface area contributed by atoms with Crippen LogP contribution in [-0.4, -0.2) is 32.9 Å². The molecule has 8 heteroatoms. The van der Waals surface area contributed by atoms with Gasteiger partial charge in [-0.15, -0.1) is 5.10 Å². The Kier molecular flexibility index (Phi) is 4.26. The summed E-state index contributed by atoms with van der Waals surface area (Å²) in [5.41, 5.74) is 0.248. The number of nitrogens with one attached hydrogen (secondary N) is 1. The van der Waals surface area contributed by atoms with Crippen LogP contribution in [0.1, 0.15) is 51.8 Å². The lowest BCUT2D eigenvalue weighted by Crippen LogP contribution is -2.49. The van der Waals surface area contributed by atoms with Crippen LogP contribution < -0.4 is 14.8 Å². The van der Waals surface area contributed by atoms with Gasteiger partial charge in [0.05, 0.1) is 5.69 Å². The van der Waals surface area contributed by atoms with E-state index < -0.39 is 5.54 Å². The summed E-state index contributed by atoms with van der Waals surface area (Å²) in [5.74, 6) is 2.71. The highest BCUT2D eigenvalue weighted by molar-refractivity contribution is 5.76. The zero-order valence-electron chi connectivity index (χ0n) is 15.1. The van der Waals surface area contributed by atoms with Gasteiger partial charge in [-0.2, -0.15) is 4.68 Å². The van der Waals surface area contributed by atoms with E-state index in [1.165, 1.54) is 0 Å². The van der Waals surface area contributed by atoms with Crippen LogP contribution in [0, 0.1) is 5.92 Å². The predicted octanol–water partition coefficient (Wildman–Crippen LogP) is 2.32. The van der Waals surface area contributed by atoms with E-state index in [1.54, 1.807) is 4.68 Å². The summed E-state index contributed by atoms with van der Waals surface area (Å²) < 4.78 is 12.5. The second-order valence-electron chi connectivity index (χ2n) is 7.12. The quantitative estimate of drug-likeness (QED) is 0.903. The van der Waals surface area contributed by atoms with Crippen molar-refractivity contribution in [1.29, 1.82) is 0 Å². The van der Waals surface area contributed by atoms with Gasteiger partial charge in [-0.3, -0.25) is 4.79 Å². The van der Waals surface area contributed by atoms with Gasteiger partial charge in [0.25, 0.3) is 0 Å². The first kappa shape index (κ1) is 16.8. The van der Waals surface area contributed by atoms with Crippen LogP contribution in [0.25, 0.3) is 5.69 Å². The monoisotopic (exact) mass is 357 g/mol. The lowest BCUT2D eigenvalue weighted by molar-refractivity contribution is -0.123. The molecule has 1 aliphatic carbocycles. The van der Waals surface area contributed by atoms with Crippen LogP contribution >= 0.6 is 0 Å². The Labute approximate surface area is 151 Å². The number of tetrazole rings is 1. The van der Waals surface area contributed by atoms with E-state index in [9.17, 15) is 4.79 Å². The molecule has 0 unspecified atom stereocenters. The number of carbonyl (C=O) groups excluding carboxylic acids is 1. The molecule has 0 spiro atoms. The van der Waals surface area contributed by atoms with Crippen molar-refractivity contribution >= 4 is 5.91 Å². The molecule has 0 saturated heterocycles. The number of ether oxygens (including phenoxy) is 2. The van der Waals surface area contributed by atoms with Crippen molar-refractivity contribution in [2.24, 2.45) is 5.92 Å². The van der Waals surface area contributed by atoms with Gasteiger partial charge < -0.3 is 14.8 Å². The topological polar surface area (TPSA) is 91.2 Å². The van der Waals surface area contributed by atoms with Crippen LogP contribution in [0.2, 0.25) is 0 Å². The Morgan fingerprint density at radius 3 is 2.85 bits per heavy atom. The van der Waals surface area contributed by atoms with Crippen molar-refractivity contribution in [2.45, 2.75) is 51.5 Å². The van der Waals surface area contributed by atoms with Gasteiger partial charge in [0.15, 0.2) is 17.3 Å². The largest absolute Gasteiger partial charge is 0.454 e. The summed E-state index contributed by atoms with van der Waals surface area (Å²) in [6, 6.07) is 5.61. The van der Waals surface area contributed by atoms with Gasteiger partial charge >= 0.3 is 0 Å². The standard InChI is InChI=1S/C18H23N5O3/c1-3-16(24)19-18(8-6-12(2)7-9-18)17-20-21-22-23(17)13-4-5-14-15(10-13)26-11-25-14/h4-5,10,12H,3,6-9,11H2,1-2H3,(H,19,24). The lowest BCUT2D eigenvalue weighted by Gasteiger charge is -2.38. The van der Waals surface area contributed by atoms with E-state index in [-0.39, 0.29) is 12.7 Å². The molecular weight excluding hydrogens is 334 g/mol. The van der Waals surface area contributed by atoms with Crippen molar-refractivity contribution in [1.82, 2.24) is 25.5 Å². The number of fused-ring (bicyclic) bond motifs is 1. The summed E-state index contributed by atoms with van der Waals surface area (Å²) in [4.78, 5) is 12.2. The number of aromatic nitrogens is 4. The van der Waals surface area contributed by atoms with Crippen LogP contribution in [0.5, 0.6) is 11.5 Å². The Hall–Kier alpha value is -2.64. The molecule has 2 aromatic rings. The molecular formula is C18H23N5O3. The lowest BCUT2D eigenvalue weighted by atomic mass is 9.76. The van der Waals surface area contributed by atoms with Gasteiger partial charge in [0.2, 0.25) is 12.7 Å². The van der Waals surface area contributed by atoms with Gasteiger partial charge in [-0.25, -0.2) is 0 Å². The summed E-state index contributed by atoms with van der Waals surface area (Å²) in [7, 11) is 0. The predicted molar refractivity (Wildman–Crippen MR) is 93.0 cm³/mol. The Morgan fingerprint density at radius 1 is 1.31 bits per heavy atom. The highest BCUT2D eigenvalue weighted by Crippen LogP contribution is 2.40. The second kappa shape index (κ2) is 6.59. The first-order chi connectivity index (χ1) is 12.6. The Balaban J connectivity index is 1.74. The fourth-order valence-electron chi connectivity index (χ4n) is 3.69. The highest BCUT2D eigenvalue weighted by Gasteiger charge is 2.41. The van der Waals surface area contributed by atoms with Crippen LogP contribution in [0.3, 0.4) is 0 Å². The molecule has 0 atom stereocenters. The van der Waals surface area contributed by atoms with E-state index in [1.807, 2.05) is 25.1 Å². The Bertz CT molecular complexity index is 811. The molecule has 2 heterocycles. The normalized spacial score (nSPS) is 24.5. The first-order valence-corrected chi connectivity index (χ1v) is 9.11. The molecule has 0 radical (unpaired) electrons. The number of nitrogens with zero attached hydrogens (tertiary/aromatic N) is 4. The number of rotatable bonds is 4. The van der Waals surface area contributed by atoms with Crippen LogP contribution in [0.4, 0.5) is 0 Å². The fourth-order valence-corrected chi connectivity index (χ4v) is 3.69. The van der Waals surface area contributed by atoms with Crippen LogP contribution in [-0.2, 0) is 10.3 Å². The molecule has 1 N–H and O–H groups in total. The molecule has 1 saturated carbocycles. The molecule has 0 bridgehead atoms. The number of hydrogen-bond donors (Lipinski definition) is 1. The van der Waals surface area contributed by atoms with E-state index in [0.717, 1.165) is 31.4 Å². The minimum absolute atomic E-state index is 0.0137. The molecule has 138 valence electrons. The molecule has 1 amide bonds. The number of carbonyl (C=O) groups is 1. The minimum Gasteiger partial charge on any atom is -0.454 e. The maximum atomic E-state index is 12.2. The van der Waals surface area contributed by atoms with E-state index in [2.05, 4.69) is 27.8 Å². The van der Waals surface area contributed by atoms with E-state index in [0.29, 0.717) is 29.7 Å². The first-order valence-electron chi connectivity index (χ1n) is 9.11. The fraction of sp³-hybridized carbons (Fsp3) is 0.556. The number of amides is 1. The summed E-state index contributed by atoms with van der Waals surface area (Å²) in [6.45, 7) is 4.32. The molecule has 8 nitrogen and oxygen atoms in total. The maximum Gasteiger partial charge on any atom is 0.231 e. The maximum absolute atomic E-state index is 12.2. The van der Waals surface area contributed by atoms with Crippen molar-refractivity contribution < 1.29 is 14.3 Å². The zero-order chi connectivity index (χ0) is 18.1. The van der Waals surface area contributed by atoms with Gasteiger partial charge in [0.1, 0.15) is 5.54 Å². The van der Waals surface area contributed by atoms with Crippen LogP contribution in [0.15, 0.2) is 18.2 Å². The van der Waals surface area contributed by atoms with Crippen molar-refractivity contribution in [3.63, 3.8) is 0 Å². The molecule has 1 aliphatic heterocycles. The summed E-state index contributed by atoms with van der Waals surface area (Å²) in [5, 5.41) is 15.6. The van der Waals surface area contributed by atoms with Gasteiger partial charge in [0, 0.05) is 12.5 Å². The molecule has 2 aliphatic rings. The van der Waals surface area contributed by atoms with Crippen molar-refractivity contribution in [2.75, 3.05) is 6.79 Å². The third-order valence-corrected chi connectivity index (χ3v) is 5.33. The Morgan fingerprint density at radius 2 is 2.08 bits per heavy atom. The minimum atomic E-state index is -0.542. The van der Waals surface area contributed by atoms with Crippen molar-refractivity contribution in [3.05, 3.63) is 24.0 Å². The third-order valence-electron chi connectivity index (χ3n) is 5.33. The van der Waals surface area contributed by atoms with Gasteiger partial charge in [-0.05, 0) is 54.2 Å². The summed E-state index contributed by atoms with van der Waals surface area (Å²) >= 11 is 0. The third kappa shape index (κ3) is 2.89. The van der Waals surface area contributed by atoms with E-state index >= 15 is 0 Å². The molecule has 4 rings (SSSR count). The van der Waals surface area contributed by atoms with E-state index in [4.69, 9.17) is 9.47 Å². The molecule has 1 aromatic heterocycles. The number of hydrogen-bond acceptors (Lipinski definition) is 6. The molecule has 1 fully saturated rings. The number of benzene rings is 1.